The zero-order valence-electron chi connectivity index (χ0n) is 31.4. The maximum absolute atomic E-state index is 14.5. The molecule has 1 aliphatic rings. The van der Waals surface area contributed by atoms with Gasteiger partial charge < -0.3 is 19.6 Å². The van der Waals surface area contributed by atoms with Crippen molar-refractivity contribution in [1.82, 2.24) is 0 Å². The van der Waals surface area contributed by atoms with E-state index in [4.69, 9.17) is 21.7 Å². The van der Waals surface area contributed by atoms with Crippen LogP contribution in [-0.4, -0.2) is 53.7 Å². The Hall–Kier alpha value is -5.22. The van der Waals surface area contributed by atoms with Crippen LogP contribution in [0.1, 0.15) is 58.8 Å². The van der Waals surface area contributed by atoms with Gasteiger partial charge in [0.2, 0.25) is 5.91 Å². The number of hydrogen-bond acceptors (Lipinski definition) is 12. The summed E-state index contributed by atoms with van der Waals surface area (Å²) in [5, 5.41) is 13.7. The number of benzene rings is 4. The number of anilines is 1. The fraction of sp³-hybridized carbons (Fsp3) is 0.190. The molecule has 0 spiro atoms. The number of carbonyl (C=O) groups excluding carboxylic acids is 3. The van der Waals surface area contributed by atoms with Gasteiger partial charge in [-0.1, -0.05) is 76.3 Å². The number of nitrogens with one attached hydrogen (secondary N) is 1. The number of hydrogen-bond donors (Lipinski definition) is 1. The Morgan fingerprint density at radius 1 is 0.895 bits per heavy atom. The molecule has 10 nitrogen and oxygen atoms in total. The number of halogens is 1. The molecule has 0 atom stereocenters. The number of thioether (sulfide) groups is 1. The highest BCUT2D eigenvalue weighted by Gasteiger charge is 2.26. The van der Waals surface area contributed by atoms with Gasteiger partial charge in [0.1, 0.15) is 22.9 Å². The summed E-state index contributed by atoms with van der Waals surface area (Å²) < 4.78 is 25.5. The van der Waals surface area contributed by atoms with Gasteiger partial charge in [0, 0.05) is 22.4 Å². The molecule has 0 aliphatic heterocycles. The molecule has 5 rings (SSSR count). The quantitative estimate of drug-likeness (QED) is 0.0132. The lowest BCUT2D eigenvalue weighted by molar-refractivity contribution is -0.757. The van der Waals surface area contributed by atoms with Crippen molar-refractivity contribution in [3.63, 3.8) is 0 Å². The molecule has 0 unspecified atom stereocenters. The van der Waals surface area contributed by atoms with E-state index in [2.05, 4.69) is 22.7 Å². The van der Waals surface area contributed by atoms with Crippen molar-refractivity contribution in [3.8, 4) is 11.5 Å². The van der Waals surface area contributed by atoms with Crippen LogP contribution in [0.25, 0.3) is 23.3 Å². The fourth-order valence-corrected chi connectivity index (χ4v) is 6.05. The molecule has 0 aromatic heterocycles. The van der Waals surface area contributed by atoms with Gasteiger partial charge in [0.05, 0.1) is 13.0 Å². The predicted octanol–water partition coefficient (Wildman–Crippen LogP) is 10.7. The molecule has 0 bridgehead atoms. The molecule has 0 heterocycles. The van der Waals surface area contributed by atoms with Gasteiger partial charge in [-0.15, -0.1) is 21.9 Å². The van der Waals surface area contributed by atoms with Crippen LogP contribution >= 0.6 is 45.6 Å². The zero-order chi connectivity index (χ0) is 41.3. The van der Waals surface area contributed by atoms with Gasteiger partial charge in [-0.25, -0.2) is 9.18 Å². The van der Waals surface area contributed by atoms with E-state index >= 15 is 0 Å². The van der Waals surface area contributed by atoms with E-state index in [1.807, 2.05) is 43.5 Å². The highest BCUT2D eigenvalue weighted by molar-refractivity contribution is 8.76. The Kier molecular flexibility index (Phi) is 17.6. The highest BCUT2D eigenvalue weighted by Crippen LogP contribution is 2.44. The molecule has 0 saturated carbocycles. The van der Waals surface area contributed by atoms with Gasteiger partial charge in [0.15, 0.2) is 0 Å². The maximum Gasteiger partial charge on any atom is 0.347 e. The van der Waals surface area contributed by atoms with Crippen molar-refractivity contribution in [2.45, 2.75) is 31.1 Å². The topological polar surface area (TPSA) is 134 Å². The van der Waals surface area contributed by atoms with Gasteiger partial charge in [-0.3, -0.25) is 9.59 Å². The van der Waals surface area contributed by atoms with E-state index in [1.54, 1.807) is 75.8 Å². The van der Waals surface area contributed by atoms with Crippen molar-refractivity contribution in [2.75, 3.05) is 30.7 Å². The van der Waals surface area contributed by atoms with Crippen molar-refractivity contribution < 1.29 is 38.2 Å². The number of esters is 2. The summed E-state index contributed by atoms with van der Waals surface area (Å²) in [6, 6.07) is 23.3. The SMILES string of the molecule is CSSC.CSc1ccc(/C=C2/C(C)=C(CC(=O)Nc3ccc(OC(=O)CCCO[N+](=O)[O-])c(C(=O)Oc4ccc(/C=C/C=S)cc4)c3)c3cc(F)ccc32)cc1. The second kappa shape index (κ2) is 22.5. The first-order valence-electron chi connectivity index (χ1n) is 17.2. The first kappa shape index (κ1) is 44.5. The average Bonchev–Trinajstić information content (AvgIpc) is 3.45. The summed E-state index contributed by atoms with van der Waals surface area (Å²) in [7, 11) is 3.55. The lowest BCUT2D eigenvalue weighted by Crippen LogP contribution is -2.17. The molecular formula is C42H39FN2O8S4. The Morgan fingerprint density at radius 2 is 1.60 bits per heavy atom. The Bertz CT molecular complexity index is 2190. The van der Waals surface area contributed by atoms with Gasteiger partial charge in [-0.05, 0) is 132 Å². The number of thiocarbonyl (C=S) groups is 1. The van der Waals surface area contributed by atoms with E-state index in [9.17, 15) is 28.9 Å². The monoisotopic (exact) mass is 846 g/mol. The van der Waals surface area contributed by atoms with Crippen LogP contribution in [-0.2, 0) is 14.4 Å². The summed E-state index contributed by atoms with van der Waals surface area (Å²) in [4.78, 5) is 55.3. The second-order valence-corrected chi connectivity index (χ2v) is 15.8. The van der Waals surface area contributed by atoms with Crippen LogP contribution in [0.4, 0.5) is 10.1 Å². The van der Waals surface area contributed by atoms with E-state index in [0.717, 1.165) is 32.7 Å². The van der Waals surface area contributed by atoms with Crippen LogP contribution in [0.15, 0.2) is 101 Å². The lowest BCUT2D eigenvalue weighted by Gasteiger charge is -2.13. The van der Waals surface area contributed by atoms with Crippen LogP contribution in [0.3, 0.4) is 0 Å². The Balaban J connectivity index is 0.00000172. The second-order valence-electron chi connectivity index (χ2n) is 12.0. The number of ether oxygens (including phenoxy) is 2. The minimum absolute atomic E-state index is 0.00124. The molecule has 0 saturated heterocycles. The summed E-state index contributed by atoms with van der Waals surface area (Å²) in [5.41, 5.74) is 5.61. The van der Waals surface area contributed by atoms with Gasteiger partial charge in [-0.2, -0.15) is 0 Å². The zero-order valence-corrected chi connectivity index (χ0v) is 34.7. The number of amides is 1. The molecule has 1 aliphatic carbocycles. The fourth-order valence-electron chi connectivity index (χ4n) is 5.56. The van der Waals surface area contributed by atoms with Crippen LogP contribution in [0, 0.1) is 15.9 Å². The van der Waals surface area contributed by atoms with E-state index in [0.29, 0.717) is 11.1 Å². The summed E-state index contributed by atoms with van der Waals surface area (Å²) >= 11 is 6.44. The largest absolute Gasteiger partial charge is 0.426 e. The molecule has 4 aromatic carbocycles. The summed E-state index contributed by atoms with van der Waals surface area (Å²) in [6.07, 6.45) is 11.3. The summed E-state index contributed by atoms with van der Waals surface area (Å²) in [5.74, 6) is -2.45. The van der Waals surface area contributed by atoms with E-state index in [-0.39, 0.29) is 48.6 Å². The molecule has 15 heteroatoms. The van der Waals surface area contributed by atoms with Gasteiger partial charge >= 0.3 is 11.9 Å². The first-order chi connectivity index (χ1) is 27.5. The van der Waals surface area contributed by atoms with Crippen molar-refractivity contribution in [2.24, 2.45) is 0 Å². The smallest absolute Gasteiger partial charge is 0.347 e. The van der Waals surface area contributed by atoms with Crippen LogP contribution < -0.4 is 14.8 Å². The molecule has 1 N–H and O–H groups in total. The molecule has 1 amide bonds. The standard InChI is InChI=1S/C40H33FN2O8S2.C2H6S2/c1-25-33(21-27-9-15-31(53-2)16-10-27)32-17-11-28(41)22-35(32)34(25)24-38(44)42-29-12-18-37(51-39(45)6-3-19-49-43(47)48)36(23-29)40(46)50-30-13-7-26(8-14-30)5-4-20-52;1-3-4-2/h4-5,7-18,20-23H,3,6,19,24H2,1-2H3,(H,42,44);1-2H3/b5-4+,33-21-;. The minimum Gasteiger partial charge on any atom is -0.426 e. The molecule has 0 fully saturated rings. The highest BCUT2D eigenvalue weighted by atomic mass is 33.1. The number of rotatable bonds is 16. The molecule has 296 valence electrons. The number of carbonyl (C=O) groups is 3. The third kappa shape index (κ3) is 13.5. The molecule has 57 heavy (non-hydrogen) atoms. The third-order valence-electron chi connectivity index (χ3n) is 8.27. The normalized spacial score (nSPS) is 12.4. The van der Waals surface area contributed by atoms with Crippen molar-refractivity contribution >= 4 is 97.8 Å². The van der Waals surface area contributed by atoms with Crippen LogP contribution in [0.5, 0.6) is 11.5 Å². The first-order valence-corrected chi connectivity index (χ1v) is 21.9. The number of fused-ring (bicyclic) bond motifs is 1. The van der Waals surface area contributed by atoms with Crippen molar-refractivity contribution in [3.05, 3.63) is 140 Å². The third-order valence-corrected chi connectivity index (χ3v) is 10.5. The Labute approximate surface area is 347 Å². The summed E-state index contributed by atoms with van der Waals surface area (Å²) in [6.45, 7) is 1.58. The average molecular weight is 847 g/mol. The maximum atomic E-state index is 14.5. The van der Waals surface area contributed by atoms with E-state index in [1.165, 1.54) is 35.7 Å². The predicted molar refractivity (Wildman–Crippen MR) is 234 cm³/mol. The van der Waals surface area contributed by atoms with E-state index < -0.39 is 28.7 Å². The minimum atomic E-state index is -0.962. The number of allylic oxidation sites excluding steroid dienone is 3. The van der Waals surface area contributed by atoms with Gasteiger partial charge in [0.25, 0.3) is 5.09 Å². The van der Waals surface area contributed by atoms with Crippen molar-refractivity contribution in [1.29, 1.82) is 0 Å². The lowest BCUT2D eigenvalue weighted by atomic mass is 10.0. The molecule has 0 radical (unpaired) electrons. The Morgan fingerprint density at radius 3 is 2.25 bits per heavy atom. The molecule has 4 aromatic rings. The molecular weight excluding hydrogens is 808 g/mol. The number of nitrogens with zero attached hydrogens (tertiary/aromatic N) is 1. The van der Waals surface area contributed by atoms with Crippen LogP contribution in [0.2, 0.25) is 0 Å².